The molecule has 6 nitrogen and oxygen atoms in total. The molecule has 0 saturated carbocycles. The first-order chi connectivity index (χ1) is 8.04. The number of carbonyl (C=O) groups is 1. The predicted molar refractivity (Wildman–Crippen MR) is 60.6 cm³/mol. The van der Waals surface area contributed by atoms with E-state index in [9.17, 15) is 9.90 Å². The Morgan fingerprint density at radius 3 is 2.29 bits per heavy atom. The summed E-state index contributed by atoms with van der Waals surface area (Å²) in [4.78, 5) is 11.0. The van der Waals surface area contributed by atoms with E-state index >= 15 is 0 Å². The number of carboxylic acids is 1. The van der Waals surface area contributed by atoms with E-state index in [2.05, 4.69) is 0 Å². The lowest BCUT2D eigenvalue weighted by Gasteiger charge is -2.15. The van der Waals surface area contributed by atoms with E-state index in [1.54, 1.807) is 0 Å². The number of methoxy groups -OCH3 is 2. The molecule has 1 rings (SSSR count). The molecule has 0 aliphatic rings. The second-order valence-corrected chi connectivity index (χ2v) is 3.39. The third-order valence-electron chi connectivity index (χ3n) is 2.44. The maximum absolute atomic E-state index is 11.0. The van der Waals surface area contributed by atoms with Crippen LogP contribution in [0.5, 0.6) is 17.2 Å². The average Bonchev–Trinajstić information content (AvgIpc) is 2.31. The smallest absolute Gasteiger partial charge is 0.312 e. The molecule has 0 radical (unpaired) electrons. The van der Waals surface area contributed by atoms with Crippen LogP contribution in [0.2, 0.25) is 0 Å². The van der Waals surface area contributed by atoms with Crippen LogP contribution in [0.25, 0.3) is 0 Å². The molecular weight excluding hydrogens is 226 g/mol. The minimum Gasteiger partial charge on any atom is -0.507 e. The number of nitrogens with two attached hydrogens (primary N) is 1. The standard InChI is InChI=1S/C11H15NO5/c1-16-9-3-6(7(5-12)11(14)15)8(13)4-10(9)17-2/h3-4,7,13H,5,12H2,1-2H3,(H,14,15). The van der Waals surface area contributed by atoms with Crippen molar-refractivity contribution < 1.29 is 24.5 Å². The van der Waals surface area contributed by atoms with Crippen molar-refractivity contribution in [2.24, 2.45) is 5.73 Å². The fourth-order valence-corrected chi connectivity index (χ4v) is 1.52. The number of phenolic OH excluding ortho intramolecular Hbond substituents is 1. The van der Waals surface area contributed by atoms with Gasteiger partial charge in [0.2, 0.25) is 0 Å². The molecule has 1 aromatic rings. The minimum atomic E-state index is -1.10. The van der Waals surface area contributed by atoms with Gasteiger partial charge in [0.25, 0.3) is 0 Å². The van der Waals surface area contributed by atoms with E-state index in [0.29, 0.717) is 11.5 Å². The molecule has 0 saturated heterocycles. The number of phenols is 1. The Bertz CT molecular complexity index is 419. The second-order valence-electron chi connectivity index (χ2n) is 3.39. The van der Waals surface area contributed by atoms with Crippen molar-refractivity contribution in [1.82, 2.24) is 0 Å². The Hall–Kier alpha value is -1.95. The molecule has 6 heteroatoms. The molecule has 1 atom stereocenters. The Labute approximate surface area is 98.6 Å². The van der Waals surface area contributed by atoms with Crippen LogP contribution in [0.15, 0.2) is 12.1 Å². The van der Waals surface area contributed by atoms with E-state index in [-0.39, 0.29) is 17.9 Å². The molecule has 0 fully saturated rings. The van der Waals surface area contributed by atoms with Crippen LogP contribution >= 0.6 is 0 Å². The third kappa shape index (κ3) is 2.59. The van der Waals surface area contributed by atoms with Crippen molar-refractivity contribution >= 4 is 5.97 Å². The molecule has 0 spiro atoms. The van der Waals surface area contributed by atoms with Gasteiger partial charge in [-0.25, -0.2) is 0 Å². The molecule has 1 aromatic carbocycles. The monoisotopic (exact) mass is 241 g/mol. The van der Waals surface area contributed by atoms with Gasteiger partial charge in [-0.3, -0.25) is 4.79 Å². The van der Waals surface area contributed by atoms with E-state index in [4.69, 9.17) is 20.3 Å². The van der Waals surface area contributed by atoms with Gasteiger partial charge >= 0.3 is 5.97 Å². The number of aromatic hydroxyl groups is 1. The number of ether oxygens (including phenoxy) is 2. The zero-order valence-electron chi connectivity index (χ0n) is 9.64. The number of hydrogen-bond acceptors (Lipinski definition) is 5. The summed E-state index contributed by atoms with van der Waals surface area (Å²) in [5.41, 5.74) is 5.58. The lowest BCUT2D eigenvalue weighted by molar-refractivity contribution is -0.138. The van der Waals surface area contributed by atoms with Crippen molar-refractivity contribution in [3.63, 3.8) is 0 Å². The van der Waals surface area contributed by atoms with Crippen molar-refractivity contribution in [2.45, 2.75) is 5.92 Å². The summed E-state index contributed by atoms with van der Waals surface area (Å²) in [7, 11) is 2.85. The van der Waals surface area contributed by atoms with Gasteiger partial charge in [-0.15, -0.1) is 0 Å². The van der Waals surface area contributed by atoms with Crippen LogP contribution < -0.4 is 15.2 Å². The number of carboxylic acid groups (broad SMARTS) is 1. The fourth-order valence-electron chi connectivity index (χ4n) is 1.52. The number of rotatable bonds is 5. The Morgan fingerprint density at radius 2 is 1.88 bits per heavy atom. The number of hydrogen-bond donors (Lipinski definition) is 3. The largest absolute Gasteiger partial charge is 0.507 e. The van der Waals surface area contributed by atoms with Gasteiger partial charge in [0.1, 0.15) is 5.75 Å². The van der Waals surface area contributed by atoms with Crippen molar-refractivity contribution in [2.75, 3.05) is 20.8 Å². The Balaban J connectivity index is 3.29. The lowest BCUT2D eigenvalue weighted by Crippen LogP contribution is -2.21. The molecule has 1 unspecified atom stereocenters. The zero-order chi connectivity index (χ0) is 13.0. The lowest BCUT2D eigenvalue weighted by atomic mass is 9.98. The van der Waals surface area contributed by atoms with E-state index in [0.717, 1.165) is 0 Å². The summed E-state index contributed by atoms with van der Waals surface area (Å²) in [6.45, 7) is -0.113. The van der Waals surface area contributed by atoms with Crippen LogP contribution in [-0.4, -0.2) is 36.9 Å². The Kier molecular flexibility index (Phi) is 4.17. The molecule has 17 heavy (non-hydrogen) atoms. The van der Waals surface area contributed by atoms with Crippen LogP contribution in [0.4, 0.5) is 0 Å². The average molecular weight is 241 g/mol. The van der Waals surface area contributed by atoms with Gasteiger partial charge in [-0.1, -0.05) is 0 Å². The van der Waals surface area contributed by atoms with Gasteiger partial charge in [-0.2, -0.15) is 0 Å². The quantitative estimate of drug-likeness (QED) is 0.695. The topological polar surface area (TPSA) is 102 Å². The summed E-state index contributed by atoms with van der Waals surface area (Å²) in [6.07, 6.45) is 0. The minimum absolute atomic E-state index is 0.113. The fraction of sp³-hybridized carbons (Fsp3) is 0.364. The van der Waals surface area contributed by atoms with Crippen molar-refractivity contribution in [3.05, 3.63) is 17.7 Å². The summed E-state index contributed by atoms with van der Waals surface area (Å²) in [5, 5.41) is 18.7. The van der Waals surface area contributed by atoms with Gasteiger partial charge < -0.3 is 25.4 Å². The van der Waals surface area contributed by atoms with Gasteiger partial charge in [0.15, 0.2) is 11.5 Å². The Morgan fingerprint density at radius 1 is 1.35 bits per heavy atom. The van der Waals surface area contributed by atoms with Gasteiger partial charge in [0, 0.05) is 18.2 Å². The first-order valence-electron chi connectivity index (χ1n) is 4.92. The first-order valence-corrected chi connectivity index (χ1v) is 4.92. The highest BCUT2D eigenvalue weighted by atomic mass is 16.5. The molecule has 0 bridgehead atoms. The highest BCUT2D eigenvalue weighted by Gasteiger charge is 2.23. The van der Waals surface area contributed by atoms with Crippen LogP contribution in [0.3, 0.4) is 0 Å². The summed E-state index contributed by atoms with van der Waals surface area (Å²) < 4.78 is 10.0. The highest BCUT2D eigenvalue weighted by Crippen LogP contribution is 2.37. The molecule has 0 heterocycles. The molecule has 4 N–H and O–H groups in total. The van der Waals surface area contributed by atoms with Crippen molar-refractivity contribution in [1.29, 1.82) is 0 Å². The van der Waals surface area contributed by atoms with Gasteiger partial charge in [-0.05, 0) is 6.07 Å². The van der Waals surface area contributed by atoms with E-state index < -0.39 is 11.9 Å². The van der Waals surface area contributed by atoms with Crippen LogP contribution in [0.1, 0.15) is 11.5 Å². The maximum atomic E-state index is 11.0. The summed E-state index contributed by atoms with van der Waals surface area (Å²) >= 11 is 0. The molecule has 0 amide bonds. The van der Waals surface area contributed by atoms with E-state index in [1.807, 2.05) is 0 Å². The number of aliphatic carboxylic acids is 1. The molecule has 0 aliphatic carbocycles. The van der Waals surface area contributed by atoms with Crippen LogP contribution in [0, 0.1) is 0 Å². The molecule has 94 valence electrons. The zero-order valence-corrected chi connectivity index (χ0v) is 9.64. The van der Waals surface area contributed by atoms with Gasteiger partial charge in [0.05, 0.1) is 20.1 Å². The number of benzene rings is 1. The highest BCUT2D eigenvalue weighted by molar-refractivity contribution is 5.78. The molecular formula is C11H15NO5. The van der Waals surface area contributed by atoms with E-state index in [1.165, 1.54) is 26.4 Å². The predicted octanol–water partition coefficient (Wildman–Crippen LogP) is 0.536. The third-order valence-corrected chi connectivity index (χ3v) is 2.44. The molecule has 0 aliphatic heterocycles. The SMILES string of the molecule is COc1cc(O)c(C(CN)C(=O)O)cc1OC. The summed E-state index contributed by atoms with van der Waals surface area (Å²) in [5.74, 6) is -1.58. The first kappa shape index (κ1) is 13.1. The normalized spacial score (nSPS) is 11.9. The second kappa shape index (κ2) is 5.40. The van der Waals surface area contributed by atoms with Crippen LogP contribution in [-0.2, 0) is 4.79 Å². The maximum Gasteiger partial charge on any atom is 0.312 e. The molecule has 0 aromatic heterocycles. The summed E-state index contributed by atoms with van der Waals surface area (Å²) in [6, 6.07) is 2.72. The van der Waals surface area contributed by atoms with Crippen molar-refractivity contribution in [3.8, 4) is 17.2 Å².